The average molecular weight is 453 g/mol. The lowest BCUT2D eigenvalue weighted by molar-refractivity contribution is -0.140. The molecule has 0 aliphatic carbocycles. The molecule has 8 heteroatoms. The van der Waals surface area contributed by atoms with Crippen molar-refractivity contribution in [1.29, 1.82) is 0 Å². The van der Waals surface area contributed by atoms with Gasteiger partial charge in [-0.25, -0.2) is 0 Å². The zero-order chi connectivity index (χ0) is 22.7. The molecule has 4 rings (SSSR count). The van der Waals surface area contributed by atoms with E-state index in [1.807, 2.05) is 59.7 Å². The minimum atomic E-state index is 0.0426. The van der Waals surface area contributed by atoms with Gasteiger partial charge in [-0.15, -0.1) is 10.2 Å². The van der Waals surface area contributed by atoms with Crippen molar-refractivity contribution >= 4 is 17.7 Å². The van der Waals surface area contributed by atoms with E-state index >= 15 is 0 Å². The lowest BCUT2D eigenvalue weighted by Crippen LogP contribution is -2.48. The van der Waals surface area contributed by atoms with Crippen molar-refractivity contribution in [1.82, 2.24) is 19.7 Å². The maximum atomic E-state index is 12.9. The summed E-state index contributed by atoms with van der Waals surface area (Å²) in [4.78, 5) is 14.8. The standard InChI is InChI=1S/C24H28N4O3S/c1-16-9-11-19(12-10-16)28-23(20-7-5-6-8-21(20)30-4)25-26-24(28)32-15-22(29)27-13-17(2)31-18(3)14-27/h5-12,17-18H,13-15H2,1-4H3/t17-,18-/m0/s1. The van der Waals surface area contributed by atoms with Crippen LogP contribution in [0, 0.1) is 6.92 Å². The van der Waals surface area contributed by atoms with Gasteiger partial charge in [0.25, 0.3) is 0 Å². The molecule has 1 saturated heterocycles. The fourth-order valence-corrected chi connectivity index (χ4v) is 4.75. The van der Waals surface area contributed by atoms with Gasteiger partial charge in [0.2, 0.25) is 5.91 Å². The van der Waals surface area contributed by atoms with Crippen molar-refractivity contribution < 1.29 is 14.3 Å². The first kappa shape index (κ1) is 22.4. The van der Waals surface area contributed by atoms with E-state index < -0.39 is 0 Å². The molecule has 0 bridgehead atoms. The SMILES string of the molecule is COc1ccccc1-c1nnc(SCC(=O)N2C[C@H](C)O[C@@H](C)C2)n1-c1ccc(C)cc1. The maximum absolute atomic E-state index is 12.9. The molecule has 7 nitrogen and oxygen atoms in total. The molecule has 0 spiro atoms. The van der Waals surface area contributed by atoms with Crippen LogP contribution in [0.5, 0.6) is 5.75 Å². The summed E-state index contributed by atoms with van der Waals surface area (Å²) < 4.78 is 13.3. The average Bonchev–Trinajstić information content (AvgIpc) is 3.21. The first-order chi connectivity index (χ1) is 15.5. The van der Waals surface area contributed by atoms with Gasteiger partial charge in [-0.05, 0) is 45.0 Å². The van der Waals surface area contributed by atoms with E-state index in [2.05, 4.69) is 29.3 Å². The second-order valence-corrected chi connectivity index (χ2v) is 8.96. The maximum Gasteiger partial charge on any atom is 0.233 e. The van der Waals surface area contributed by atoms with Crippen molar-refractivity contribution in [2.45, 2.75) is 38.1 Å². The predicted molar refractivity (Wildman–Crippen MR) is 125 cm³/mol. The molecule has 32 heavy (non-hydrogen) atoms. The lowest BCUT2D eigenvalue weighted by atomic mass is 10.1. The summed E-state index contributed by atoms with van der Waals surface area (Å²) >= 11 is 1.40. The number of nitrogens with zero attached hydrogens (tertiary/aromatic N) is 4. The van der Waals surface area contributed by atoms with Gasteiger partial charge in [0, 0.05) is 18.8 Å². The van der Waals surface area contributed by atoms with Crippen molar-refractivity contribution in [2.24, 2.45) is 0 Å². The topological polar surface area (TPSA) is 69.5 Å². The Morgan fingerprint density at radius 3 is 2.47 bits per heavy atom. The van der Waals surface area contributed by atoms with Crippen molar-refractivity contribution in [3.8, 4) is 22.8 Å². The third kappa shape index (κ3) is 4.81. The van der Waals surface area contributed by atoms with Crippen LogP contribution in [0.3, 0.4) is 0 Å². The predicted octanol–water partition coefficient (Wildman–Crippen LogP) is 3.98. The minimum Gasteiger partial charge on any atom is -0.496 e. The number of aromatic nitrogens is 3. The van der Waals surface area contributed by atoms with Crippen LogP contribution in [0.4, 0.5) is 0 Å². The van der Waals surface area contributed by atoms with Crippen molar-refractivity contribution in [2.75, 3.05) is 26.0 Å². The molecule has 1 aliphatic heterocycles. The smallest absolute Gasteiger partial charge is 0.233 e. The number of rotatable bonds is 6. The molecule has 0 saturated carbocycles. The number of morpholine rings is 1. The van der Waals surface area contributed by atoms with E-state index in [0.717, 1.165) is 17.0 Å². The second-order valence-electron chi connectivity index (χ2n) is 8.02. The monoisotopic (exact) mass is 452 g/mol. The fraction of sp³-hybridized carbons (Fsp3) is 0.375. The first-order valence-corrected chi connectivity index (χ1v) is 11.7. The summed E-state index contributed by atoms with van der Waals surface area (Å²) in [6.07, 6.45) is 0.0853. The van der Waals surface area contributed by atoms with E-state index in [1.165, 1.54) is 17.3 Å². The van der Waals surface area contributed by atoms with E-state index in [-0.39, 0.29) is 23.9 Å². The molecule has 0 radical (unpaired) electrons. The number of carbonyl (C=O) groups excluding carboxylic acids is 1. The van der Waals surface area contributed by atoms with Gasteiger partial charge in [-0.1, -0.05) is 41.6 Å². The Balaban J connectivity index is 1.64. The fourth-order valence-electron chi connectivity index (χ4n) is 3.89. The van der Waals surface area contributed by atoms with Crippen molar-refractivity contribution in [3.05, 3.63) is 54.1 Å². The van der Waals surface area contributed by atoms with Gasteiger partial charge in [0.1, 0.15) is 5.75 Å². The summed E-state index contributed by atoms with van der Waals surface area (Å²) in [5, 5.41) is 9.58. The Morgan fingerprint density at radius 1 is 1.09 bits per heavy atom. The molecule has 0 unspecified atom stereocenters. The molecule has 1 amide bonds. The van der Waals surface area contributed by atoms with Crippen LogP contribution in [0.1, 0.15) is 19.4 Å². The Morgan fingerprint density at radius 2 is 1.78 bits per heavy atom. The first-order valence-electron chi connectivity index (χ1n) is 10.7. The summed E-state index contributed by atoms with van der Waals surface area (Å²) in [7, 11) is 1.64. The van der Waals surface area contributed by atoms with Crippen LogP contribution >= 0.6 is 11.8 Å². The number of amides is 1. The van der Waals surface area contributed by atoms with Crippen LogP contribution in [-0.4, -0.2) is 63.7 Å². The molecular formula is C24H28N4O3S. The summed E-state index contributed by atoms with van der Waals surface area (Å²) in [5.74, 6) is 1.76. The van der Waals surface area contributed by atoms with Gasteiger partial charge in [0.15, 0.2) is 11.0 Å². The number of para-hydroxylation sites is 1. The molecule has 2 atom stereocenters. The second kappa shape index (κ2) is 9.75. The molecule has 1 aliphatic rings. The summed E-state index contributed by atoms with van der Waals surface area (Å²) in [6.45, 7) is 7.27. The number of thioether (sulfide) groups is 1. The van der Waals surface area contributed by atoms with Gasteiger partial charge in [-0.3, -0.25) is 9.36 Å². The molecule has 168 valence electrons. The largest absolute Gasteiger partial charge is 0.496 e. The zero-order valence-corrected chi connectivity index (χ0v) is 19.6. The van der Waals surface area contributed by atoms with Crippen LogP contribution < -0.4 is 4.74 Å². The Kier molecular flexibility index (Phi) is 6.81. The highest BCUT2D eigenvalue weighted by atomic mass is 32.2. The van der Waals surface area contributed by atoms with Crippen LogP contribution in [0.25, 0.3) is 17.1 Å². The highest BCUT2D eigenvalue weighted by Gasteiger charge is 2.27. The molecule has 2 heterocycles. The van der Waals surface area contributed by atoms with E-state index in [9.17, 15) is 4.79 Å². The number of aryl methyl sites for hydroxylation is 1. The van der Waals surface area contributed by atoms with Crippen LogP contribution in [0.15, 0.2) is 53.7 Å². The number of hydrogen-bond acceptors (Lipinski definition) is 6. The summed E-state index contributed by atoms with van der Waals surface area (Å²) in [5.41, 5.74) is 2.95. The lowest BCUT2D eigenvalue weighted by Gasteiger charge is -2.35. The summed E-state index contributed by atoms with van der Waals surface area (Å²) in [6, 6.07) is 15.9. The third-order valence-electron chi connectivity index (χ3n) is 5.37. The molecular weight excluding hydrogens is 424 g/mol. The highest BCUT2D eigenvalue weighted by Crippen LogP contribution is 2.33. The Bertz CT molecular complexity index is 1070. The van der Waals surface area contributed by atoms with E-state index in [4.69, 9.17) is 9.47 Å². The van der Waals surface area contributed by atoms with Gasteiger partial charge in [-0.2, -0.15) is 0 Å². The number of ether oxygens (including phenoxy) is 2. The van der Waals surface area contributed by atoms with Gasteiger partial charge >= 0.3 is 0 Å². The third-order valence-corrected chi connectivity index (χ3v) is 6.28. The zero-order valence-electron chi connectivity index (χ0n) is 18.8. The number of carbonyl (C=O) groups is 1. The molecule has 1 aromatic heterocycles. The Labute approximate surface area is 192 Å². The minimum absolute atomic E-state index is 0.0426. The molecule has 0 N–H and O–H groups in total. The van der Waals surface area contributed by atoms with E-state index in [1.54, 1.807) is 7.11 Å². The quantitative estimate of drug-likeness (QED) is 0.527. The molecule has 3 aromatic rings. The van der Waals surface area contributed by atoms with Gasteiger partial charge < -0.3 is 14.4 Å². The molecule has 2 aromatic carbocycles. The van der Waals surface area contributed by atoms with E-state index in [0.29, 0.717) is 24.1 Å². The van der Waals surface area contributed by atoms with Crippen molar-refractivity contribution in [3.63, 3.8) is 0 Å². The van der Waals surface area contributed by atoms with Crippen LogP contribution in [-0.2, 0) is 9.53 Å². The Hall–Kier alpha value is -2.84. The number of methoxy groups -OCH3 is 1. The van der Waals surface area contributed by atoms with Gasteiger partial charge in [0.05, 0.1) is 30.6 Å². The number of hydrogen-bond donors (Lipinski definition) is 0. The molecule has 1 fully saturated rings. The normalized spacial score (nSPS) is 18.6. The number of benzene rings is 2. The van der Waals surface area contributed by atoms with Crippen LogP contribution in [0.2, 0.25) is 0 Å². The highest BCUT2D eigenvalue weighted by molar-refractivity contribution is 7.99.